The normalized spacial score (nSPS) is 17.0. The van der Waals surface area contributed by atoms with Crippen molar-refractivity contribution in [2.75, 3.05) is 30.9 Å². The predicted octanol–water partition coefficient (Wildman–Crippen LogP) is 3.41. The highest BCUT2D eigenvalue weighted by Gasteiger charge is 2.23. The lowest BCUT2D eigenvalue weighted by atomic mass is 10.1. The maximum absolute atomic E-state index is 13.0. The molecule has 1 aromatic carbocycles. The first-order valence-electron chi connectivity index (χ1n) is 8.92. The number of nitrogens with zero attached hydrogens (tertiary/aromatic N) is 2. The molecule has 3 rings (SSSR count). The fourth-order valence-corrected chi connectivity index (χ4v) is 3.78. The van der Waals surface area contributed by atoms with Gasteiger partial charge in [0.25, 0.3) is 5.91 Å². The van der Waals surface area contributed by atoms with Gasteiger partial charge >= 0.3 is 0 Å². The number of carbonyl (C=O) groups is 1. The van der Waals surface area contributed by atoms with Crippen molar-refractivity contribution in [3.05, 3.63) is 52.8 Å². The number of pyridine rings is 1. The van der Waals surface area contributed by atoms with E-state index in [2.05, 4.69) is 17.1 Å². The molecule has 0 saturated carbocycles. The Bertz CT molecular complexity index is 814. The summed E-state index contributed by atoms with van der Waals surface area (Å²) in [6.07, 6.45) is 1.92. The van der Waals surface area contributed by atoms with E-state index < -0.39 is 0 Å². The number of ether oxygens (including phenoxy) is 1. The van der Waals surface area contributed by atoms with Gasteiger partial charge in [-0.15, -0.1) is 11.8 Å². The molecule has 0 spiro atoms. The van der Waals surface area contributed by atoms with Crippen LogP contribution in [0.3, 0.4) is 0 Å². The molecule has 1 saturated heterocycles. The number of hydrogen-bond donors (Lipinski definition) is 1. The summed E-state index contributed by atoms with van der Waals surface area (Å²) in [5.74, 6) is 0.417. The SMILES string of the molecule is CSc1nc(N2CCOC[C@H]2C)cc(C)c1C(=O)NCc1ccc(F)cc1. The van der Waals surface area contributed by atoms with Gasteiger partial charge in [-0.1, -0.05) is 12.1 Å². The molecule has 7 heteroatoms. The van der Waals surface area contributed by atoms with Crippen LogP contribution in [0.25, 0.3) is 0 Å². The van der Waals surface area contributed by atoms with Crippen LogP contribution in [0.4, 0.5) is 10.2 Å². The first-order chi connectivity index (χ1) is 13.0. The van der Waals surface area contributed by atoms with E-state index in [1.54, 1.807) is 12.1 Å². The van der Waals surface area contributed by atoms with Crippen LogP contribution >= 0.6 is 11.8 Å². The smallest absolute Gasteiger partial charge is 0.254 e. The van der Waals surface area contributed by atoms with Gasteiger partial charge in [0.1, 0.15) is 16.7 Å². The van der Waals surface area contributed by atoms with E-state index in [0.29, 0.717) is 30.3 Å². The van der Waals surface area contributed by atoms with Crippen LogP contribution in [0.15, 0.2) is 35.4 Å². The van der Waals surface area contributed by atoms with E-state index in [1.807, 2.05) is 19.2 Å². The van der Waals surface area contributed by atoms with Gasteiger partial charge < -0.3 is 15.0 Å². The van der Waals surface area contributed by atoms with Crippen molar-refractivity contribution >= 4 is 23.5 Å². The molecule has 0 radical (unpaired) electrons. The highest BCUT2D eigenvalue weighted by molar-refractivity contribution is 7.98. The van der Waals surface area contributed by atoms with Crippen LogP contribution in [-0.2, 0) is 11.3 Å². The summed E-state index contributed by atoms with van der Waals surface area (Å²) < 4.78 is 18.5. The summed E-state index contributed by atoms with van der Waals surface area (Å²) in [4.78, 5) is 19.7. The highest BCUT2D eigenvalue weighted by Crippen LogP contribution is 2.27. The van der Waals surface area contributed by atoms with E-state index in [-0.39, 0.29) is 17.8 Å². The Morgan fingerprint density at radius 1 is 1.41 bits per heavy atom. The zero-order chi connectivity index (χ0) is 19.4. The fraction of sp³-hybridized carbons (Fsp3) is 0.400. The number of halogens is 1. The largest absolute Gasteiger partial charge is 0.377 e. The van der Waals surface area contributed by atoms with E-state index in [1.165, 1.54) is 23.9 Å². The van der Waals surface area contributed by atoms with Crippen molar-refractivity contribution in [2.24, 2.45) is 0 Å². The Morgan fingerprint density at radius 2 is 2.15 bits per heavy atom. The summed E-state index contributed by atoms with van der Waals surface area (Å²) >= 11 is 1.46. The number of benzene rings is 1. The molecule has 2 aromatic rings. The molecule has 27 heavy (non-hydrogen) atoms. The number of morpholine rings is 1. The molecule has 1 aromatic heterocycles. The molecule has 1 N–H and O–H groups in total. The number of rotatable bonds is 5. The lowest BCUT2D eigenvalue weighted by Crippen LogP contribution is -2.44. The predicted molar refractivity (Wildman–Crippen MR) is 106 cm³/mol. The maximum atomic E-state index is 13.0. The van der Waals surface area contributed by atoms with E-state index >= 15 is 0 Å². The molecule has 1 fully saturated rings. The molecule has 1 atom stereocenters. The molecular weight excluding hydrogens is 365 g/mol. The summed E-state index contributed by atoms with van der Waals surface area (Å²) in [6.45, 7) is 6.53. The minimum Gasteiger partial charge on any atom is -0.377 e. The van der Waals surface area contributed by atoms with E-state index in [0.717, 1.165) is 23.5 Å². The third-order valence-electron chi connectivity index (χ3n) is 4.62. The minimum atomic E-state index is -0.289. The molecule has 1 amide bonds. The average molecular weight is 389 g/mol. The van der Waals surface area contributed by atoms with Crippen molar-refractivity contribution in [1.29, 1.82) is 0 Å². The van der Waals surface area contributed by atoms with Crippen LogP contribution in [0.5, 0.6) is 0 Å². The number of amides is 1. The minimum absolute atomic E-state index is 0.171. The first kappa shape index (κ1) is 19.6. The van der Waals surface area contributed by atoms with Crippen molar-refractivity contribution in [3.63, 3.8) is 0 Å². The summed E-state index contributed by atoms with van der Waals surface area (Å²) in [6, 6.07) is 8.32. The molecule has 0 aliphatic carbocycles. The zero-order valence-electron chi connectivity index (χ0n) is 15.8. The van der Waals surface area contributed by atoms with Gasteiger partial charge in [0.05, 0.1) is 24.8 Å². The standard InChI is InChI=1S/C20H24FN3O2S/c1-13-10-17(24-8-9-26-12-14(24)2)23-20(27-3)18(13)19(25)22-11-15-4-6-16(21)7-5-15/h4-7,10,14H,8-9,11-12H2,1-3H3,(H,22,25)/t14-/m1/s1. The topological polar surface area (TPSA) is 54.5 Å². The molecule has 1 aliphatic rings. The second-order valence-electron chi connectivity index (χ2n) is 6.61. The molecule has 0 unspecified atom stereocenters. The van der Waals surface area contributed by atoms with Crippen LogP contribution in [0.1, 0.15) is 28.4 Å². The Labute approximate surface area is 163 Å². The zero-order valence-corrected chi connectivity index (χ0v) is 16.6. The molecule has 2 heterocycles. The Kier molecular flexibility index (Phi) is 6.34. The fourth-order valence-electron chi connectivity index (χ4n) is 3.14. The van der Waals surface area contributed by atoms with Crippen LogP contribution in [-0.4, -0.2) is 42.9 Å². The van der Waals surface area contributed by atoms with Crippen molar-refractivity contribution in [1.82, 2.24) is 10.3 Å². The Hall–Kier alpha value is -2.12. The lowest BCUT2D eigenvalue weighted by Gasteiger charge is -2.34. The van der Waals surface area contributed by atoms with Crippen LogP contribution < -0.4 is 10.2 Å². The van der Waals surface area contributed by atoms with Gasteiger partial charge in [-0.25, -0.2) is 9.37 Å². The molecule has 144 valence electrons. The van der Waals surface area contributed by atoms with Gasteiger partial charge in [0, 0.05) is 13.1 Å². The van der Waals surface area contributed by atoms with Gasteiger partial charge in [-0.05, 0) is 49.4 Å². The maximum Gasteiger partial charge on any atom is 0.254 e. The molecule has 5 nitrogen and oxygen atoms in total. The number of hydrogen-bond acceptors (Lipinski definition) is 5. The van der Waals surface area contributed by atoms with Gasteiger partial charge in [0.15, 0.2) is 0 Å². The number of aryl methyl sites for hydroxylation is 1. The van der Waals surface area contributed by atoms with Crippen LogP contribution in [0, 0.1) is 12.7 Å². The van der Waals surface area contributed by atoms with Crippen molar-refractivity contribution in [3.8, 4) is 0 Å². The van der Waals surface area contributed by atoms with Gasteiger partial charge in [0.2, 0.25) is 0 Å². The highest BCUT2D eigenvalue weighted by atomic mass is 32.2. The Morgan fingerprint density at radius 3 is 2.81 bits per heavy atom. The van der Waals surface area contributed by atoms with Gasteiger partial charge in [-0.3, -0.25) is 4.79 Å². The summed E-state index contributed by atoms with van der Waals surface area (Å²) in [7, 11) is 0. The lowest BCUT2D eigenvalue weighted by molar-refractivity contribution is 0.0945. The summed E-state index contributed by atoms with van der Waals surface area (Å²) in [5, 5.41) is 3.62. The second kappa shape index (κ2) is 8.71. The van der Waals surface area contributed by atoms with E-state index in [4.69, 9.17) is 9.72 Å². The number of anilines is 1. The third kappa shape index (κ3) is 4.59. The number of carbonyl (C=O) groups excluding carboxylic acids is 1. The molecular formula is C20H24FN3O2S. The van der Waals surface area contributed by atoms with E-state index in [9.17, 15) is 9.18 Å². The first-order valence-corrected chi connectivity index (χ1v) is 10.1. The number of thioether (sulfide) groups is 1. The number of aromatic nitrogens is 1. The quantitative estimate of drug-likeness (QED) is 0.795. The second-order valence-corrected chi connectivity index (χ2v) is 7.40. The van der Waals surface area contributed by atoms with Crippen LogP contribution in [0.2, 0.25) is 0 Å². The number of nitrogens with one attached hydrogen (secondary N) is 1. The molecule has 0 bridgehead atoms. The van der Waals surface area contributed by atoms with Crippen molar-refractivity contribution in [2.45, 2.75) is 31.5 Å². The molecule has 1 aliphatic heterocycles. The van der Waals surface area contributed by atoms with Crippen molar-refractivity contribution < 1.29 is 13.9 Å². The Balaban J connectivity index is 1.79. The van der Waals surface area contributed by atoms with Gasteiger partial charge in [-0.2, -0.15) is 0 Å². The average Bonchev–Trinajstić information content (AvgIpc) is 2.67. The summed E-state index contributed by atoms with van der Waals surface area (Å²) in [5.41, 5.74) is 2.33. The third-order valence-corrected chi connectivity index (χ3v) is 5.30. The monoisotopic (exact) mass is 389 g/mol.